The van der Waals surface area contributed by atoms with Crippen molar-refractivity contribution in [2.45, 2.75) is 78.4 Å². The maximum atomic E-state index is 13.4. The van der Waals surface area contributed by atoms with Crippen molar-refractivity contribution in [2.24, 2.45) is 0 Å². The maximum Gasteiger partial charge on any atom is 0.261 e. The molecule has 6 heteroatoms. The Hall–Kier alpha value is -2.34. The van der Waals surface area contributed by atoms with Crippen molar-refractivity contribution in [2.75, 3.05) is 6.61 Å². The number of carbonyl (C=O) groups is 2. The Labute approximate surface area is 206 Å². The molecule has 178 valence electrons. The van der Waals surface area contributed by atoms with Crippen LogP contribution in [0.5, 0.6) is 5.75 Å². The average Bonchev–Trinajstić information content (AvgIpc) is 3.29. The monoisotopic (exact) mass is 514 g/mol. The first-order chi connectivity index (χ1) is 15.8. The third-order valence-corrected chi connectivity index (χ3v) is 7.58. The van der Waals surface area contributed by atoms with E-state index < -0.39 is 6.04 Å². The van der Waals surface area contributed by atoms with E-state index in [9.17, 15) is 9.59 Å². The van der Waals surface area contributed by atoms with Crippen LogP contribution >= 0.6 is 15.9 Å². The van der Waals surface area contributed by atoms with Crippen LogP contribution in [0.15, 0.2) is 40.9 Å². The molecule has 0 aromatic heterocycles. The van der Waals surface area contributed by atoms with Gasteiger partial charge in [-0.2, -0.15) is 0 Å². The summed E-state index contributed by atoms with van der Waals surface area (Å²) < 4.78 is 6.93. The molecule has 0 aliphatic heterocycles. The number of hydrogen-bond acceptors (Lipinski definition) is 3. The molecule has 5 nitrogen and oxygen atoms in total. The van der Waals surface area contributed by atoms with Gasteiger partial charge in [0, 0.05) is 17.1 Å². The number of carbonyl (C=O) groups excluding carboxylic acids is 2. The van der Waals surface area contributed by atoms with Crippen molar-refractivity contribution in [3.8, 4) is 5.75 Å². The van der Waals surface area contributed by atoms with Gasteiger partial charge >= 0.3 is 0 Å². The first kappa shape index (κ1) is 25.3. The van der Waals surface area contributed by atoms with Crippen LogP contribution in [0.4, 0.5) is 0 Å². The second kappa shape index (κ2) is 11.7. The van der Waals surface area contributed by atoms with Crippen LogP contribution in [-0.2, 0) is 16.1 Å². The third kappa shape index (κ3) is 6.83. The predicted molar refractivity (Wildman–Crippen MR) is 135 cm³/mol. The van der Waals surface area contributed by atoms with Gasteiger partial charge in [-0.1, -0.05) is 65.5 Å². The van der Waals surface area contributed by atoms with Gasteiger partial charge in [-0.15, -0.1) is 0 Å². The molecule has 1 saturated carbocycles. The molecule has 0 bridgehead atoms. The van der Waals surface area contributed by atoms with E-state index >= 15 is 0 Å². The van der Waals surface area contributed by atoms with Crippen molar-refractivity contribution in [3.05, 3.63) is 63.1 Å². The standard InChI is InChI=1S/C27H35BrN2O3/c1-5-24(27(32)29-22-8-6-7-9-22)30(16-21-12-10-18(2)11-13-21)25(31)17-33-23-14-19(3)26(28)20(4)15-23/h10-15,22,24H,5-9,16-17H2,1-4H3,(H,29,32)/t24-/m1/s1. The fourth-order valence-corrected chi connectivity index (χ4v) is 4.62. The number of rotatable bonds is 9. The molecule has 1 aliphatic rings. The van der Waals surface area contributed by atoms with Gasteiger partial charge in [0.1, 0.15) is 11.8 Å². The summed E-state index contributed by atoms with van der Waals surface area (Å²) >= 11 is 3.56. The van der Waals surface area contributed by atoms with Crippen LogP contribution in [0.1, 0.15) is 61.3 Å². The minimum absolute atomic E-state index is 0.0693. The summed E-state index contributed by atoms with van der Waals surface area (Å²) in [5.74, 6) is 0.391. The topological polar surface area (TPSA) is 58.6 Å². The number of hydrogen-bond donors (Lipinski definition) is 1. The molecule has 1 atom stereocenters. The van der Waals surface area contributed by atoms with Gasteiger partial charge in [-0.25, -0.2) is 0 Å². The lowest BCUT2D eigenvalue weighted by Crippen LogP contribution is -2.52. The Morgan fingerprint density at radius 1 is 1.09 bits per heavy atom. The summed E-state index contributed by atoms with van der Waals surface area (Å²) in [6.07, 6.45) is 4.87. The van der Waals surface area contributed by atoms with Crippen molar-refractivity contribution >= 4 is 27.7 Å². The molecule has 1 fully saturated rings. The van der Waals surface area contributed by atoms with Crippen LogP contribution in [0.2, 0.25) is 0 Å². The van der Waals surface area contributed by atoms with Crippen molar-refractivity contribution < 1.29 is 14.3 Å². The summed E-state index contributed by atoms with van der Waals surface area (Å²) in [6, 6.07) is 11.6. The van der Waals surface area contributed by atoms with Crippen LogP contribution < -0.4 is 10.1 Å². The molecule has 0 heterocycles. The van der Waals surface area contributed by atoms with E-state index in [4.69, 9.17) is 4.74 Å². The fraction of sp³-hybridized carbons (Fsp3) is 0.481. The minimum atomic E-state index is -0.531. The lowest BCUT2D eigenvalue weighted by Gasteiger charge is -2.31. The molecular weight excluding hydrogens is 480 g/mol. The molecule has 1 N–H and O–H groups in total. The second-order valence-corrected chi connectivity index (χ2v) is 9.87. The quantitative estimate of drug-likeness (QED) is 0.472. The largest absolute Gasteiger partial charge is 0.484 e. The van der Waals surface area contributed by atoms with E-state index in [1.54, 1.807) is 4.90 Å². The SMILES string of the molecule is CC[C@H](C(=O)NC1CCCC1)N(Cc1ccc(C)cc1)C(=O)COc1cc(C)c(Br)c(C)c1. The molecule has 2 amide bonds. The highest BCUT2D eigenvalue weighted by molar-refractivity contribution is 9.10. The van der Waals surface area contributed by atoms with E-state index in [0.29, 0.717) is 18.7 Å². The number of nitrogens with zero attached hydrogens (tertiary/aromatic N) is 1. The molecule has 0 spiro atoms. The summed E-state index contributed by atoms with van der Waals surface area (Å²) in [5.41, 5.74) is 4.26. The van der Waals surface area contributed by atoms with Gasteiger partial charge in [-0.3, -0.25) is 9.59 Å². The molecule has 2 aromatic carbocycles. The highest BCUT2D eigenvalue weighted by Gasteiger charge is 2.30. The molecule has 0 radical (unpaired) electrons. The summed E-state index contributed by atoms with van der Waals surface area (Å²) in [6.45, 7) is 8.24. The number of amides is 2. The highest BCUT2D eigenvalue weighted by atomic mass is 79.9. The van der Waals surface area contributed by atoms with Gasteiger partial charge < -0.3 is 15.0 Å². The number of nitrogens with one attached hydrogen (secondary N) is 1. The van der Waals surface area contributed by atoms with Crippen LogP contribution in [0, 0.1) is 20.8 Å². The lowest BCUT2D eigenvalue weighted by atomic mass is 10.1. The first-order valence-corrected chi connectivity index (χ1v) is 12.6. The zero-order chi connectivity index (χ0) is 24.0. The van der Waals surface area contributed by atoms with Crippen molar-refractivity contribution in [1.82, 2.24) is 10.2 Å². The first-order valence-electron chi connectivity index (χ1n) is 11.8. The molecular formula is C27H35BrN2O3. The van der Waals surface area contributed by atoms with Gasteiger partial charge in [-0.05, 0) is 68.9 Å². The molecule has 33 heavy (non-hydrogen) atoms. The zero-order valence-electron chi connectivity index (χ0n) is 20.1. The Morgan fingerprint density at radius 3 is 2.27 bits per heavy atom. The van der Waals surface area contributed by atoms with Crippen LogP contribution in [-0.4, -0.2) is 35.4 Å². The molecule has 3 rings (SSSR count). The van der Waals surface area contributed by atoms with E-state index in [1.807, 2.05) is 64.1 Å². The lowest BCUT2D eigenvalue weighted by molar-refractivity contribution is -0.143. The Morgan fingerprint density at radius 2 is 1.70 bits per heavy atom. The van der Waals surface area contributed by atoms with Gasteiger partial charge in [0.25, 0.3) is 5.91 Å². The van der Waals surface area contributed by atoms with Crippen LogP contribution in [0.25, 0.3) is 0 Å². The number of benzene rings is 2. The van der Waals surface area contributed by atoms with E-state index in [0.717, 1.165) is 52.4 Å². The van der Waals surface area contributed by atoms with Gasteiger partial charge in [0.2, 0.25) is 5.91 Å². The molecule has 2 aromatic rings. The van der Waals surface area contributed by atoms with E-state index in [2.05, 4.69) is 21.2 Å². The molecule has 1 aliphatic carbocycles. The summed E-state index contributed by atoms with van der Waals surface area (Å²) in [7, 11) is 0. The highest BCUT2D eigenvalue weighted by Crippen LogP contribution is 2.26. The summed E-state index contributed by atoms with van der Waals surface area (Å²) in [4.78, 5) is 28.2. The summed E-state index contributed by atoms with van der Waals surface area (Å²) in [5, 5.41) is 3.18. The van der Waals surface area contributed by atoms with Crippen molar-refractivity contribution in [1.29, 1.82) is 0 Å². The maximum absolute atomic E-state index is 13.4. The second-order valence-electron chi connectivity index (χ2n) is 9.08. The smallest absolute Gasteiger partial charge is 0.261 e. The number of halogens is 1. The van der Waals surface area contributed by atoms with E-state index in [-0.39, 0.29) is 24.5 Å². The third-order valence-electron chi connectivity index (χ3n) is 6.33. The number of ether oxygens (including phenoxy) is 1. The fourth-order valence-electron chi connectivity index (χ4n) is 4.39. The van der Waals surface area contributed by atoms with Crippen molar-refractivity contribution in [3.63, 3.8) is 0 Å². The number of aryl methyl sites for hydroxylation is 3. The molecule has 0 unspecified atom stereocenters. The average molecular weight is 515 g/mol. The van der Waals surface area contributed by atoms with Crippen LogP contribution in [0.3, 0.4) is 0 Å². The predicted octanol–water partition coefficient (Wildman–Crippen LogP) is 5.62. The Balaban J connectivity index is 1.77. The van der Waals surface area contributed by atoms with Gasteiger partial charge in [0.05, 0.1) is 0 Å². The molecule has 0 saturated heterocycles. The Bertz CT molecular complexity index is 945. The van der Waals surface area contributed by atoms with E-state index in [1.165, 1.54) is 0 Å². The van der Waals surface area contributed by atoms with Gasteiger partial charge in [0.15, 0.2) is 6.61 Å². The minimum Gasteiger partial charge on any atom is -0.484 e. The normalized spacial score (nSPS) is 14.7. The Kier molecular flexibility index (Phi) is 8.95. The zero-order valence-corrected chi connectivity index (χ0v) is 21.7.